The Morgan fingerprint density at radius 1 is 1.03 bits per heavy atom. The summed E-state index contributed by atoms with van der Waals surface area (Å²) in [4.78, 5) is 26.9. The SMILES string of the molecule is CC(C)NC(=O)C(C)N(Cc1ccccc1F)C(=O)COc1ccc(C(C)(C)C)cc1. The first-order chi connectivity index (χ1) is 14.5. The number of rotatable bonds is 8. The normalized spacial score (nSPS) is 12.4. The molecule has 2 amide bonds. The molecule has 0 aliphatic carbocycles. The molecule has 1 unspecified atom stereocenters. The Morgan fingerprint density at radius 2 is 1.65 bits per heavy atom. The fraction of sp³-hybridized carbons (Fsp3) is 0.440. The number of ether oxygens (including phenoxy) is 1. The predicted molar refractivity (Wildman–Crippen MR) is 120 cm³/mol. The van der Waals surface area contributed by atoms with Crippen molar-refractivity contribution in [1.29, 1.82) is 0 Å². The average molecular weight is 429 g/mol. The first kappa shape index (κ1) is 24.4. The number of nitrogens with one attached hydrogen (secondary N) is 1. The molecule has 0 saturated carbocycles. The second kappa shape index (κ2) is 10.4. The molecule has 2 rings (SSSR count). The zero-order valence-corrected chi connectivity index (χ0v) is 19.2. The van der Waals surface area contributed by atoms with Crippen LogP contribution in [0, 0.1) is 5.82 Å². The van der Waals surface area contributed by atoms with Crippen LogP contribution in [0.2, 0.25) is 0 Å². The van der Waals surface area contributed by atoms with Crippen molar-refractivity contribution in [2.45, 2.75) is 65.6 Å². The highest BCUT2D eigenvalue weighted by atomic mass is 19.1. The number of carbonyl (C=O) groups is 2. The molecule has 1 atom stereocenters. The van der Waals surface area contributed by atoms with Crippen molar-refractivity contribution in [2.75, 3.05) is 6.61 Å². The summed E-state index contributed by atoms with van der Waals surface area (Å²) in [7, 11) is 0. The highest BCUT2D eigenvalue weighted by molar-refractivity contribution is 5.88. The number of halogens is 1. The highest BCUT2D eigenvalue weighted by Gasteiger charge is 2.27. The summed E-state index contributed by atoms with van der Waals surface area (Å²) < 4.78 is 19.9. The quantitative estimate of drug-likeness (QED) is 0.676. The van der Waals surface area contributed by atoms with Gasteiger partial charge in [-0.1, -0.05) is 51.1 Å². The van der Waals surface area contributed by atoms with Gasteiger partial charge in [0, 0.05) is 18.2 Å². The molecule has 0 saturated heterocycles. The molecule has 0 aromatic heterocycles. The van der Waals surface area contributed by atoms with E-state index in [4.69, 9.17) is 4.74 Å². The van der Waals surface area contributed by atoms with E-state index in [0.717, 1.165) is 5.56 Å². The van der Waals surface area contributed by atoms with Crippen LogP contribution in [-0.2, 0) is 21.5 Å². The van der Waals surface area contributed by atoms with Crippen LogP contribution >= 0.6 is 0 Å². The fourth-order valence-electron chi connectivity index (χ4n) is 3.08. The van der Waals surface area contributed by atoms with Gasteiger partial charge < -0.3 is 15.0 Å². The monoisotopic (exact) mass is 428 g/mol. The lowest BCUT2D eigenvalue weighted by Crippen LogP contribution is -2.50. The zero-order valence-electron chi connectivity index (χ0n) is 19.2. The molecule has 0 heterocycles. The van der Waals surface area contributed by atoms with Crippen LogP contribution in [0.25, 0.3) is 0 Å². The molecule has 6 heteroatoms. The van der Waals surface area contributed by atoms with Crippen molar-refractivity contribution in [3.8, 4) is 5.75 Å². The lowest BCUT2D eigenvalue weighted by atomic mass is 9.87. The minimum absolute atomic E-state index is 0.0180. The van der Waals surface area contributed by atoms with Gasteiger partial charge in [-0.25, -0.2) is 4.39 Å². The second-order valence-corrected chi connectivity index (χ2v) is 9.02. The molecule has 0 aliphatic heterocycles. The van der Waals surface area contributed by atoms with Crippen molar-refractivity contribution in [1.82, 2.24) is 10.2 Å². The lowest BCUT2D eigenvalue weighted by molar-refractivity contribution is -0.142. The molecule has 5 nitrogen and oxygen atoms in total. The second-order valence-electron chi connectivity index (χ2n) is 9.02. The molecule has 0 aliphatic rings. The van der Waals surface area contributed by atoms with Gasteiger partial charge in [0.1, 0.15) is 17.6 Å². The van der Waals surface area contributed by atoms with Crippen LogP contribution in [0.5, 0.6) is 5.75 Å². The van der Waals surface area contributed by atoms with Crippen LogP contribution in [0.15, 0.2) is 48.5 Å². The van der Waals surface area contributed by atoms with Crippen molar-refractivity contribution in [3.05, 3.63) is 65.5 Å². The predicted octanol–water partition coefficient (Wildman–Crippen LogP) is 4.44. The molecule has 0 radical (unpaired) electrons. The number of nitrogens with zero attached hydrogens (tertiary/aromatic N) is 1. The van der Waals surface area contributed by atoms with E-state index in [1.807, 2.05) is 38.1 Å². The Bertz CT molecular complexity index is 888. The molecule has 0 fully saturated rings. The Labute approximate surface area is 184 Å². The van der Waals surface area contributed by atoms with Crippen molar-refractivity contribution in [3.63, 3.8) is 0 Å². The number of hydrogen-bond acceptors (Lipinski definition) is 3. The Balaban J connectivity index is 2.15. The third kappa shape index (κ3) is 7.09. The molecular weight excluding hydrogens is 395 g/mol. The topological polar surface area (TPSA) is 58.6 Å². The Hall–Kier alpha value is -2.89. The maximum atomic E-state index is 14.2. The number of benzene rings is 2. The van der Waals surface area contributed by atoms with E-state index in [2.05, 4.69) is 26.1 Å². The Morgan fingerprint density at radius 3 is 2.19 bits per heavy atom. The van der Waals surface area contributed by atoms with E-state index in [-0.39, 0.29) is 30.5 Å². The summed E-state index contributed by atoms with van der Waals surface area (Å²) in [6, 6.07) is 13.0. The van der Waals surface area contributed by atoms with Gasteiger partial charge in [0.15, 0.2) is 6.61 Å². The van der Waals surface area contributed by atoms with Gasteiger partial charge in [-0.2, -0.15) is 0 Å². The molecule has 0 spiro atoms. The third-order valence-corrected chi connectivity index (χ3v) is 4.98. The minimum Gasteiger partial charge on any atom is -0.484 e. The first-order valence-electron chi connectivity index (χ1n) is 10.6. The molecule has 0 bridgehead atoms. The summed E-state index contributed by atoms with van der Waals surface area (Å²) in [6.45, 7) is 11.4. The van der Waals surface area contributed by atoms with E-state index < -0.39 is 17.8 Å². The van der Waals surface area contributed by atoms with Crippen LogP contribution in [0.4, 0.5) is 4.39 Å². The van der Waals surface area contributed by atoms with Gasteiger partial charge >= 0.3 is 0 Å². The maximum Gasteiger partial charge on any atom is 0.261 e. The standard InChI is InChI=1S/C25H33FN2O3/c1-17(2)27-24(30)18(3)28(15-19-9-7-8-10-22(19)26)23(29)16-31-21-13-11-20(12-14-21)25(4,5)6/h7-14,17-18H,15-16H2,1-6H3,(H,27,30). The van der Waals surface area contributed by atoms with Crippen molar-refractivity contribution < 1.29 is 18.7 Å². The summed E-state index contributed by atoms with van der Waals surface area (Å²) in [5.74, 6) is -0.550. The smallest absolute Gasteiger partial charge is 0.261 e. The van der Waals surface area contributed by atoms with E-state index >= 15 is 0 Å². The fourth-order valence-corrected chi connectivity index (χ4v) is 3.08. The molecule has 2 aromatic carbocycles. The van der Waals surface area contributed by atoms with E-state index in [0.29, 0.717) is 11.3 Å². The van der Waals surface area contributed by atoms with E-state index in [9.17, 15) is 14.0 Å². The molecule has 31 heavy (non-hydrogen) atoms. The highest BCUT2D eigenvalue weighted by Crippen LogP contribution is 2.24. The zero-order chi connectivity index (χ0) is 23.2. The third-order valence-electron chi connectivity index (χ3n) is 4.98. The van der Waals surface area contributed by atoms with Crippen LogP contribution in [0.1, 0.15) is 52.7 Å². The largest absolute Gasteiger partial charge is 0.484 e. The summed E-state index contributed by atoms with van der Waals surface area (Å²) in [5, 5.41) is 2.80. The van der Waals surface area contributed by atoms with Gasteiger partial charge in [-0.05, 0) is 49.9 Å². The number of amides is 2. The van der Waals surface area contributed by atoms with E-state index in [1.165, 1.54) is 11.0 Å². The van der Waals surface area contributed by atoms with Gasteiger partial charge in [-0.3, -0.25) is 9.59 Å². The van der Waals surface area contributed by atoms with Gasteiger partial charge in [0.25, 0.3) is 5.91 Å². The van der Waals surface area contributed by atoms with Gasteiger partial charge in [0.05, 0.1) is 0 Å². The van der Waals surface area contributed by atoms with Gasteiger partial charge in [0.2, 0.25) is 5.91 Å². The summed E-state index contributed by atoms with van der Waals surface area (Å²) in [6.07, 6.45) is 0. The van der Waals surface area contributed by atoms with Gasteiger partial charge in [-0.15, -0.1) is 0 Å². The lowest BCUT2D eigenvalue weighted by Gasteiger charge is -2.29. The molecular formula is C25H33FN2O3. The molecule has 168 valence electrons. The van der Waals surface area contributed by atoms with Crippen molar-refractivity contribution >= 4 is 11.8 Å². The van der Waals surface area contributed by atoms with E-state index in [1.54, 1.807) is 25.1 Å². The Kier molecular flexibility index (Phi) is 8.20. The summed E-state index contributed by atoms with van der Waals surface area (Å²) in [5.41, 5.74) is 1.52. The maximum absolute atomic E-state index is 14.2. The average Bonchev–Trinajstić information content (AvgIpc) is 2.70. The number of carbonyl (C=O) groups excluding carboxylic acids is 2. The summed E-state index contributed by atoms with van der Waals surface area (Å²) >= 11 is 0. The van der Waals surface area contributed by atoms with Crippen LogP contribution in [-0.4, -0.2) is 35.4 Å². The molecule has 2 aromatic rings. The first-order valence-corrected chi connectivity index (χ1v) is 10.6. The number of hydrogen-bond donors (Lipinski definition) is 1. The molecule has 1 N–H and O–H groups in total. The van der Waals surface area contributed by atoms with Crippen LogP contribution in [0.3, 0.4) is 0 Å². The van der Waals surface area contributed by atoms with Crippen molar-refractivity contribution in [2.24, 2.45) is 0 Å². The minimum atomic E-state index is -0.777. The van der Waals surface area contributed by atoms with Crippen LogP contribution < -0.4 is 10.1 Å².